The Morgan fingerprint density at radius 3 is 2.60 bits per heavy atom. The van der Waals surface area contributed by atoms with Crippen LogP contribution in [0.5, 0.6) is 0 Å². The molecule has 1 atom stereocenters. The van der Waals surface area contributed by atoms with Gasteiger partial charge < -0.3 is 10.2 Å². The fourth-order valence-corrected chi connectivity index (χ4v) is 3.23. The van der Waals surface area contributed by atoms with Crippen LogP contribution in [0.15, 0.2) is 0 Å². The zero-order chi connectivity index (χ0) is 10.7. The lowest BCUT2D eigenvalue weighted by atomic mass is 9.92. The number of hydrogen-bond acceptors (Lipinski definition) is 2. The molecule has 2 nitrogen and oxygen atoms in total. The number of nitrogens with one attached hydrogen (secondary N) is 1. The first-order chi connectivity index (χ1) is 7.30. The molecule has 0 bridgehead atoms. The van der Waals surface area contributed by atoms with Crippen LogP contribution >= 0.6 is 0 Å². The van der Waals surface area contributed by atoms with Gasteiger partial charge in [0, 0.05) is 6.54 Å². The molecule has 0 amide bonds. The van der Waals surface area contributed by atoms with Gasteiger partial charge in [0.25, 0.3) is 0 Å². The van der Waals surface area contributed by atoms with Crippen LogP contribution in [0.4, 0.5) is 0 Å². The average molecular weight is 210 g/mol. The van der Waals surface area contributed by atoms with E-state index in [0.29, 0.717) is 0 Å². The first kappa shape index (κ1) is 11.4. The van der Waals surface area contributed by atoms with Crippen molar-refractivity contribution in [3.63, 3.8) is 0 Å². The van der Waals surface area contributed by atoms with Crippen LogP contribution in [0.25, 0.3) is 0 Å². The quantitative estimate of drug-likeness (QED) is 0.747. The summed E-state index contributed by atoms with van der Waals surface area (Å²) in [5, 5.41) is 3.48. The first-order valence-electron chi connectivity index (χ1n) is 6.74. The number of hydrogen-bond donors (Lipinski definition) is 1. The van der Waals surface area contributed by atoms with E-state index in [1.54, 1.807) is 0 Å². The highest BCUT2D eigenvalue weighted by Gasteiger charge is 2.53. The molecule has 0 aromatic heterocycles. The van der Waals surface area contributed by atoms with Crippen molar-refractivity contribution in [3.05, 3.63) is 0 Å². The number of nitrogens with zero attached hydrogens (tertiary/aromatic N) is 1. The van der Waals surface area contributed by atoms with Gasteiger partial charge in [-0.3, -0.25) is 0 Å². The Kier molecular flexibility index (Phi) is 3.68. The van der Waals surface area contributed by atoms with Gasteiger partial charge >= 0.3 is 0 Å². The summed E-state index contributed by atoms with van der Waals surface area (Å²) >= 11 is 0. The van der Waals surface area contributed by atoms with Crippen molar-refractivity contribution in [1.82, 2.24) is 10.2 Å². The zero-order valence-corrected chi connectivity index (χ0v) is 10.4. The van der Waals surface area contributed by atoms with Gasteiger partial charge in [-0.15, -0.1) is 0 Å². The van der Waals surface area contributed by atoms with Gasteiger partial charge in [-0.1, -0.05) is 13.8 Å². The predicted molar refractivity (Wildman–Crippen MR) is 65.0 cm³/mol. The number of rotatable bonds is 5. The monoisotopic (exact) mass is 210 g/mol. The highest BCUT2D eigenvalue weighted by atomic mass is 15.1. The fraction of sp³-hybridized carbons (Fsp3) is 1.00. The molecule has 1 aliphatic heterocycles. The molecular formula is C13H26N2. The predicted octanol–water partition coefficient (Wildman–Crippen LogP) is 2.11. The summed E-state index contributed by atoms with van der Waals surface area (Å²) in [5.74, 6) is 1.02. The molecule has 15 heavy (non-hydrogen) atoms. The normalized spacial score (nSPS) is 28.6. The van der Waals surface area contributed by atoms with E-state index in [4.69, 9.17) is 0 Å². The molecule has 0 aromatic rings. The minimum atomic E-state index is 0.770. The summed E-state index contributed by atoms with van der Waals surface area (Å²) < 4.78 is 0. The van der Waals surface area contributed by atoms with E-state index in [1.807, 2.05) is 0 Å². The van der Waals surface area contributed by atoms with Gasteiger partial charge in [0.05, 0.1) is 0 Å². The van der Waals surface area contributed by atoms with E-state index in [2.05, 4.69) is 24.1 Å². The van der Waals surface area contributed by atoms with Gasteiger partial charge in [-0.25, -0.2) is 0 Å². The molecule has 1 saturated heterocycles. The Bertz CT molecular complexity index is 197. The lowest BCUT2D eigenvalue weighted by Crippen LogP contribution is -2.33. The molecule has 1 saturated carbocycles. The van der Waals surface area contributed by atoms with Crippen LogP contribution < -0.4 is 5.32 Å². The standard InChI is InChI=1S/C13H26N2/c1-3-9-15(4-2)11-12-10-13(12)5-7-14-8-6-13/h12,14H,3-11H2,1-2H3. The molecule has 0 radical (unpaired) electrons. The first-order valence-corrected chi connectivity index (χ1v) is 6.74. The van der Waals surface area contributed by atoms with Crippen LogP contribution in [0.1, 0.15) is 39.5 Å². The maximum atomic E-state index is 3.48. The zero-order valence-electron chi connectivity index (χ0n) is 10.4. The molecule has 2 aliphatic rings. The molecule has 88 valence electrons. The Balaban J connectivity index is 1.77. The van der Waals surface area contributed by atoms with E-state index in [9.17, 15) is 0 Å². The lowest BCUT2D eigenvalue weighted by Gasteiger charge is -2.26. The Morgan fingerprint density at radius 2 is 2.00 bits per heavy atom. The fourth-order valence-electron chi connectivity index (χ4n) is 3.23. The minimum Gasteiger partial charge on any atom is -0.317 e. The van der Waals surface area contributed by atoms with E-state index < -0.39 is 0 Å². The second-order valence-corrected chi connectivity index (χ2v) is 5.41. The Hall–Kier alpha value is -0.0800. The summed E-state index contributed by atoms with van der Waals surface area (Å²) in [4.78, 5) is 2.64. The average Bonchev–Trinajstić information content (AvgIpc) is 2.91. The van der Waals surface area contributed by atoms with Crippen LogP contribution in [0.2, 0.25) is 0 Å². The van der Waals surface area contributed by atoms with Crippen molar-refractivity contribution in [2.75, 3.05) is 32.7 Å². The molecule has 2 rings (SSSR count). The summed E-state index contributed by atoms with van der Waals surface area (Å²) in [7, 11) is 0. The summed E-state index contributed by atoms with van der Waals surface area (Å²) in [6.07, 6.45) is 5.67. The van der Waals surface area contributed by atoms with Crippen molar-refractivity contribution in [2.45, 2.75) is 39.5 Å². The molecule has 0 aromatic carbocycles. The summed E-state index contributed by atoms with van der Waals surface area (Å²) in [6, 6.07) is 0. The van der Waals surface area contributed by atoms with E-state index in [0.717, 1.165) is 11.3 Å². The third-order valence-electron chi connectivity index (χ3n) is 4.42. The van der Waals surface area contributed by atoms with Gasteiger partial charge in [0.1, 0.15) is 0 Å². The molecule has 2 fully saturated rings. The second-order valence-electron chi connectivity index (χ2n) is 5.41. The Morgan fingerprint density at radius 1 is 1.27 bits per heavy atom. The Labute approximate surface area is 94.4 Å². The summed E-state index contributed by atoms with van der Waals surface area (Å²) in [6.45, 7) is 11.0. The summed E-state index contributed by atoms with van der Waals surface area (Å²) in [5.41, 5.74) is 0.770. The maximum absolute atomic E-state index is 3.48. The molecular weight excluding hydrogens is 184 g/mol. The highest BCUT2D eigenvalue weighted by Crippen LogP contribution is 2.58. The van der Waals surface area contributed by atoms with Gasteiger partial charge in [-0.2, -0.15) is 0 Å². The van der Waals surface area contributed by atoms with Crippen LogP contribution in [0, 0.1) is 11.3 Å². The van der Waals surface area contributed by atoms with E-state index in [-0.39, 0.29) is 0 Å². The van der Waals surface area contributed by atoms with Crippen LogP contribution in [-0.4, -0.2) is 37.6 Å². The van der Waals surface area contributed by atoms with Crippen molar-refractivity contribution in [2.24, 2.45) is 11.3 Å². The maximum Gasteiger partial charge on any atom is 0.00151 e. The SMILES string of the molecule is CCCN(CC)CC1CC12CCNCC2. The molecule has 1 unspecified atom stereocenters. The largest absolute Gasteiger partial charge is 0.317 e. The molecule has 1 aliphatic carbocycles. The van der Waals surface area contributed by atoms with Crippen LogP contribution in [0.3, 0.4) is 0 Å². The van der Waals surface area contributed by atoms with Crippen molar-refractivity contribution < 1.29 is 0 Å². The van der Waals surface area contributed by atoms with Crippen molar-refractivity contribution >= 4 is 0 Å². The van der Waals surface area contributed by atoms with Gasteiger partial charge in [0.15, 0.2) is 0 Å². The molecule has 1 spiro atoms. The third-order valence-corrected chi connectivity index (χ3v) is 4.42. The van der Waals surface area contributed by atoms with E-state index in [1.165, 1.54) is 58.4 Å². The van der Waals surface area contributed by atoms with Gasteiger partial charge in [-0.05, 0) is 63.2 Å². The molecule has 1 heterocycles. The van der Waals surface area contributed by atoms with E-state index >= 15 is 0 Å². The smallest absolute Gasteiger partial charge is 0.00151 e. The minimum absolute atomic E-state index is 0.770. The molecule has 2 heteroatoms. The topological polar surface area (TPSA) is 15.3 Å². The highest BCUT2D eigenvalue weighted by molar-refractivity contribution is 5.05. The van der Waals surface area contributed by atoms with Crippen LogP contribution in [-0.2, 0) is 0 Å². The molecule has 1 N–H and O–H groups in total. The van der Waals surface area contributed by atoms with Crippen molar-refractivity contribution in [1.29, 1.82) is 0 Å². The third kappa shape index (κ3) is 2.54. The van der Waals surface area contributed by atoms with Crippen molar-refractivity contribution in [3.8, 4) is 0 Å². The lowest BCUT2D eigenvalue weighted by molar-refractivity contribution is 0.238. The second kappa shape index (κ2) is 4.84. The van der Waals surface area contributed by atoms with Gasteiger partial charge in [0.2, 0.25) is 0 Å². The number of piperidine rings is 1.